The van der Waals surface area contributed by atoms with Gasteiger partial charge in [0.05, 0.1) is 0 Å². The maximum absolute atomic E-state index is 6.36. The molecule has 4 heteroatoms. The molecule has 58 heavy (non-hydrogen) atoms. The molecule has 4 nitrogen and oxygen atoms in total. The van der Waals surface area contributed by atoms with Crippen molar-refractivity contribution in [2.45, 2.75) is 19.3 Å². The number of hydrogen-bond donors (Lipinski definition) is 0. The van der Waals surface area contributed by atoms with Crippen molar-refractivity contribution in [2.24, 2.45) is 0 Å². The predicted octanol–water partition coefficient (Wildman–Crippen LogP) is 14.2. The average molecular weight is 742 g/mol. The first-order valence-electron chi connectivity index (χ1n) is 19.9. The third-order valence-electron chi connectivity index (χ3n) is 12.3. The molecule has 0 unspecified atom stereocenters. The highest BCUT2D eigenvalue weighted by Gasteiger charge is 2.39. The Morgan fingerprint density at radius 1 is 0.362 bits per heavy atom. The molecule has 0 amide bonds. The number of fused-ring (bicyclic) bond motifs is 11. The minimum absolute atomic E-state index is 0.315. The maximum Gasteiger partial charge on any atom is 0.164 e. The highest BCUT2D eigenvalue weighted by molar-refractivity contribution is 6.15. The molecule has 0 radical (unpaired) electrons. The van der Waals surface area contributed by atoms with Crippen LogP contribution in [-0.4, -0.2) is 15.0 Å². The van der Waals surface area contributed by atoms with Crippen molar-refractivity contribution in [3.8, 4) is 56.4 Å². The monoisotopic (exact) mass is 741 g/mol. The van der Waals surface area contributed by atoms with Gasteiger partial charge in [-0.2, -0.15) is 0 Å². The summed E-state index contributed by atoms with van der Waals surface area (Å²) < 4.78 is 6.36. The predicted molar refractivity (Wildman–Crippen MR) is 239 cm³/mol. The first-order chi connectivity index (χ1) is 28.5. The summed E-state index contributed by atoms with van der Waals surface area (Å²) in [7, 11) is 0. The zero-order chi connectivity index (χ0) is 38.5. The fraction of sp³-hybridized carbons (Fsp3) is 0.0556. The lowest BCUT2D eigenvalue weighted by atomic mass is 9.77. The molecule has 0 aliphatic heterocycles. The van der Waals surface area contributed by atoms with Crippen molar-refractivity contribution < 1.29 is 4.42 Å². The molecule has 0 fully saturated rings. The Bertz CT molecular complexity index is 3490. The summed E-state index contributed by atoms with van der Waals surface area (Å²) in [6.07, 6.45) is 0. The quantitative estimate of drug-likeness (QED) is 0.169. The van der Waals surface area contributed by atoms with Crippen LogP contribution < -0.4 is 0 Å². The van der Waals surface area contributed by atoms with Crippen LogP contribution >= 0.6 is 0 Å². The Kier molecular flexibility index (Phi) is 6.94. The molecule has 0 saturated heterocycles. The number of hydrogen-bond acceptors (Lipinski definition) is 4. The topological polar surface area (TPSA) is 51.8 Å². The Hall–Kier alpha value is -7.43. The minimum atomic E-state index is -0.315. The molecule has 2 aromatic heterocycles. The van der Waals surface area contributed by atoms with Crippen molar-refractivity contribution in [1.82, 2.24) is 15.0 Å². The van der Waals surface area contributed by atoms with Crippen LogP contribution in [0.4, 0.5) is 0 Å². The highest BCUT2D eigenvalue weighted by atomic mass is 16.3. The Balaban J connectivity index is 1.07. The molecular formula is C54H35N3O. The summed E-state index contributed by atoms with van der Waals surface area (Å²) in [5.74, 6) is 1.95. The van der Waals surface area contributed by atoms with E-state index in [4.69, 9.17) is 19.4 Å². The number of benzene rings is 9. The van der Waals surface area contributed by atoms with E-state index in [0.29, 0.717) is 17.5 Å². The standard InChI is InChI=1S/C54H35N3O/c1-54(2)49-40(39-21-13-25-47-48(39)43-20-10-11-24-46(43)58-47)22-12-23-41(49)42-29-28-32-26-27-35(31-44(32)50(42)54)52-55-51(33-14-4-3-5-15-33)56-53(57-52)45-30-34-16-6-7-17-36(34)37-18-8-9-19-38(37)45/h3-31H,1-2H3. The molecule has 9 aromatic carbocycles. The lowest BCUT2D eigenvalue weighted by Crippen LogP contribution is -2.17. The number of furan rings is 1. The molecule has 0 spiro atoms. The maximum atomic E-state index is 6.36. The van der Waals surface area contributed by atoms with Crippen LogP contribution in [-0.2, 0) is 5.41 Å². The van der Waals surface area contributed by atoms with E-state index in [9.17, 15) is 0 Å². The van der Waals surface area contributed by atoms with Crippen LogP contribution in [0.25, 0.3) is 111 Å². The van der Waals surface area contributed by atoms with E-state index in [1.165, 1.54) is 54.9 Å². The number of para-hydroxylation sites is 1. The molecule has 12 rings (SSSR count). The normalized spacial score (nSPS) is 13.1. The number of nitrogens with zero attached hydrogens (tertiary/aromatic N) is 3. The van der Waals surface area contributed by atoms with E-state index in [2.05, 4.69) is 166 Å². The Morgan fingerprint density at radius 3 is 1.81 bits per heavy atom. The van der Waals surface area contributed by atoms with E-state index >= 15 is 0 Å². The molecule has 0 N–H and O–H groups in total. The summed E-state index contributed by atoms with van der Waals surface area (Å²) in [6, 6.07) is 62.4. The lowest BCUT2D eigenvalue weighted by Gasteiger charge is -2.26. The van der Waals surface area contributed by atoms with Crippen LogP contribution in [0.15, 0.2) is 180 Å². The second kappa shape index (κ2) is 12.3. The molecule has 1 aliphatic rings. The second-order valence-corrected chi connectivity index (χ2v) is 15.9. The van der Waals surface area contributed by atoms with Gasteiger partial charge in [-0.25, -0.2) is 15.0 Å². The van der Waals surface area contributed by atoms with Gasteiger partial charge in [-0.3, -0.25) is 0 Å². The van der Waals surface area contributed by atoms with E-state index in [0.717, 1.165) is 49.4 Å². The van der Waals surface area contributed by atoms with Gasteiger partial charge in [0, 0.05) is 32.9 Å². The van der Waals surface area contributed by atoms with Crippen molar-refractivity contribution >= 4 is 54.3 Å². The third kappa shape index (κ3) is 4.78. The van der Waals surface area contributed by atoms with E-state index < -0.39 is 0 Å². The lowest BCUT2D eigenvalue weighted by molar-refractivity contribution is 0.667. The first-order valence-corrected chi connectivity index (χ1v) is 19.9. The van der Waals surface area contributed by atoms with Crippen molar-refractivity contribution in [3.05, 3.63) is 187 Å². The van der Waals surface area contributed by atoms with Crippen molar-refractivity contribution in [1.29, 1.82) is 0 Å². The van der Waals surface area contributed by atoms with Gasteiger partial charge < -0.3 is 4.42 Å². The SMILES string of the molecule is CC1(C)c2c(cccc2-c2cccc3oc4ccccc4c23)-c2ccc3ccc(-c4nc(-c5ccccc5)nc(-c5cc6ccccc6c6ccccc56)n4)cc3c21. The summed E-state index contributed by atoms with van der Waals surface area (Å²) >= 11 is 0. The molecule has 0 bridgehead atoms. The zero-order valence-corrected chi connectivity index (χ0v) is 32.0. The van der Waals surface area contributed by atoms with Crippen LogP contribution in [0, 0.1) is 0 Å². The van der Waals surface area contributed by atoms with Gasteiger partial charge in [0.15, 0.2) is 17.5 Å². The summed E-state index contributed by atoms with van der Waals surface area (Å²) in [6.45, 7) is 4.75. The van der Waals surface area contributed by atoms with Crippen molar-refractivity contribution in [3.63, 3.8) is 0 Å². The van der Waals surface area contributed by atoms with Crippen LogP contribution in [0.2, 0.25) is 0 Å². The largest absolute Gasteiger partial charge is 0.456 e. The summed E-state index contributed by atoms with van der Waals surface area (Å²) in [5.41, 5.74) is 12.0. The second-order valence-electron chi connectivity index (χ2n) is 15.9. The molecule has 0 saturated carbocycles. The fourth-order valence-corrected chi connectivity index (χ4v) is 9.74. The molecule has 2 heterocycles. The molecule has 11 aromatic rings. The molecular weight excluding hydrogens is 707 g/mol. The summed E-state index contributed by atoms with van der Waals surface area (Å²) in [5, 5.41) is 9.34. The molecule has 0 atom stereocenters. The molecule has 1 aliphatic carbocycles. The van der Waals surface area contributed by atoms with E-state index in [1.54, 1.807) is 0 Å². The Labute approximate surface area is 335 Å². The fourth-order valence-electron chi connectivity index (χ4n) is 9.74. The zero-order valence-electron chi connectivity index (χ0n) is 32.0. The molecule has 272 valence electrons. The van der Waals surface area contributed by atoms with Crippen LogP contribution in [0.5, 0.6) is 0 Å². The van der Waals surface area contributed by atoms with Gasteiger partial charge in [-0.15, -0.1) is 0 Å². The average Bonchev–Trinajstić information content (AvgIpc) is 3.78. The minimum Gasteiger partial charge on any atom is -0.456 e. The van der Waals surface area contributed by atoms with Gasteiger partial charge in [0.25, 0.3) is 0 Å². The van der Waals surface area contributed by atoms with E-state index in [-0.39, 0.29) is 5.41 Å². The van der Waals surface area contributed by atoms with E-state index in [1.807, 2.05) is 24.3 Å². The highest BCUT2D eigenvalue weighted by Crippen LogP contribution is 2.55. The van der Waals surface area contributed by atoms with Crippen LogP contribution in [0.3, 0.4) is 0 Å². The Morgan fingerprint density at radius 2 is 0.966 bits per heavy atom. The van der Waals surface area contributed by atoms with Crippen LogP contribution in [0.1, 0.15) is 25.0 Å². The summed E-state index contributed by atoms with van der Waals surface area (Å²) in [4.78, 5) is 15.7. The smallest absolute Gasteiger partial charge is 0.164 e. The van der Waals surface area contributed by atoms with Gasteiger partial charge in [-0.1, -0.05) is 166 Å². The van der Waals surface area contributed by atoms with Crippen molar-refractivity contribution in [2.75, 3.05) is 0 Å². The van der Waals surface area contributed by atoms with Gasteiger partial charge in [-0.05, 0) is 90.0 Å². The first kappa shape index (κ1) is 32.8. The van der Waals surface area contributed by atoms with Gasteiger partial charge in [0.1, 0.15) is 11.2 Å². The number of aromatic nitrogens is 3. The third-order valence-corrected chi connectivity index (χ3v) is 12.3. The van der Waals surface area contributed by atoms with Gasteiger partial charge in [0.2, 0.25) is 0 Å². The van der Waals surface area contributed by atoms with Gasteiger partial charge >= 0.3 is 0 Å². The number of rotatable bonds is 4.